The Balaban J connectivity index is 1.99. The molecule has 1 heterocycles. The fourth-order valence-electron chi connectivity index (χ4n) is 3.03. The fraction of sp³-hybridized carbons (Fsp3) is 0. The topological polar surface area (TPSA) is 86.3 Å². The molecule has 27 heavy (non-hydrogen) atoms. The van der Waals surface area contributed by atoms with Gasteiger partial charge < -0.3 is 0 Å². The molecule has 0 atom stereocenters. The summed E-state index contributed by atoms with van der Waals surface area (Å²) in [5, 5.41) is 22.9. The number of nitro groups is 2. The lowest BCUT2D eigenvalue weighted by atomic mass is 9.98. The molecule has 132 valence electrons. The van der Waals surface area contributed by atoms with Crippen LogP contribution in [-0.4, -0.2) is 9.85 Å². The highest BCUT2D eigenvalue weighted by atomic mass is 32.1. The number of rotatable bonds is 4. The molecule has 3 aromatic carbocycles. The van der Waals surface area contributed by atoms with E-state index in [1.165, 1.54) is 29.5 Å². The molecular weight excluding hydrogens is 364 g/mol. The molecule has 0 radical (unpaired) electrons. The van der Waals surface area contributed by atoms with Gasteiger partial charge in [-0.15, -0.1) is 11.3 Å². The Morgan fingerprint density at radius 3 is 1.96 bits per heavy atom. The van der Waals surface area contributed by atoms with Crippen molar-refractivity contribution in [3.8, 4) is 21.6 Å². The van der Waals surface area contributed by atoms with Crippen molar-refractivity contribution in [3.05, 3.63) is 93.0 Å². The summed E-state index contributed by atoms with van der Waals surface area (Å²) in [6.07, 6.45) is 0. The average molecular weight is 376 g/mol. The lowest BCUT2D eigenvalue weighted by Gasteiger charge is -2.05. The normalized spacial score (nSPS) is 10.8. The van der Waals surface area contributed by atoms with Crippen LogP contribution in [0.5, 0.6) is 0 Å². The molecule has 0 aliphatic rings. The van der Waals surface area contributed by atoms with Crippen molar-refractivity contribution in [1.29, 1.82) is 0 Å². The maximum Gasteiger partial charge on any atom is 0.270 e. The highest BCUT2D eigenvalue weighted by Crippen LogP contribution is 2.45. The second-order valence-electron chi connectivity index (χ2n) is 5.91. The van der Waals surface area contributed by atoms with Crippen molar-refractivity contribution >= 4 is 32.8 Å². The van der Waals surface area contributed by atoms with Gasteiger partial charge in [0.25, 0.3) is 11.4 Å². The maximum absolute atomic E-state index is 11.2. The monoisotopic (exact) mass is 376 g/mol. The Bertz CT molecular complexity index is 1170. The van der Waals surface area contributed by atoms with Crippen molar-refractivity contribution < 1.29 is 9.85 Å². The third-order valence-electron chi connectivity index (χ3n) is 4.29. The first-order valence-corrected chi connectivity index (χ1v) is 8.87. The van der Waals surface area contributed by atoms with Gasteiger partial charge in [-0.2, -0.15) is 0 Å². The Morgan fingerprint density at radius 1 is 0.704 bits per heavy atom. The number of benzene rings is 3. The molecule has 0 saturated heterocycles. The molecule has 0 N–H and O–H groups in total. The molecule has 0 saturated carbocycles. The summed E-state index contributed by atoms with van der Waals surface area (Å²) < 4.78 is 0.924. The molecular formula is C20H12N2O4S. The number of fused-ring (bicyclic) bond motifs is 1. The number of nitro benzene ring substituents is 2. The van der Waals surface area contributed by atoms with Gasteiger partial charge in [-0.1, -0.05) is 30.3 Å². The number of hydrogen-bond donors (Lipinski definition) is 0. The van der Waals surface area contributed by atoms with E-state index in [1.54, 1.807) is 24.3 Å². The standard InChI is InChI=1S/C20H12N2O4S/c23-21(24)15-8-6-14(7-9-15)20-19(13-4-2-1-3-5-13)17-12-16(22(25)26)10-11-18(17)27-20/h1-12H. The second-order valence-corrected chi connectivity index (χ2v) is 6.97. The molecule has 4 aromatic rings. The van der Waals surface area contributed by atoms with Crippen LogP contribution in [0.4, 0.5) is 11.4 Å². The third kappa shape index (κ3) is 3.04. The Kier molecular flexibility index (Phi) is 4.13. The van der Waals surface area contributed by atoms with Crippen LogP contribution in [0, 0.1) is 20.2 Å². The molecule has 4 rings (SSSR count). The molecule has 0 spiro atoms. The summed E-state index contributed by atoms with van der Waals surface area (Å²) in [6, 6.07) is 20.8. The van der Waals surface area contributed by atoms with E-state index in [2.05, 4.69) is 0 Å². The van der Waals surface area contributed by atoms with E-state index < -0.39 is 9.85 Å². The Hall–Kier alpha value is -3.58. The molecule has 0 bridgehead atoms. The van der Waals surface area contributed by atoms with E-state index >= 15 is 0 Å². The van der Waals surface area contributed by atoms with Crippen LogP contribution in [0.2, 0.25) is 0 Å². The molecule has 0 aliphatic carbocycles. The van der Waals surface area contributed by atoms with Crippen LogP contribution in [-0.2, 0) is 0 Å². The van der Waals surface area contributed by atoms with Gasteiger partial charge in [0.2, 0.25) is 0 Å². The van der Waals surface area contributed by atoms with E-state index in [0.29, 0.717) is 0 Å². The summed E-state index contributed by atoms with van der Waals surface area (Å²) in [5.41, 5.74) is 2.73. The van der Waals surface area contributed by atoms with Gasteiger partial charge in [-0.3, -0.25) is 20.2 Å². The van der Waals surface area contributed by atoms with Crippen LogP contribution in [0.1, 0.15) is 0 Å². The van der Waals surface area contributed by atoms with Gasteiger partial charge in [0.15, 0.2) is 0 Å². The molecule has 7 heteroatoms. The first-order chi connectivity index (χ1) is 13.0. The number of thiophene rings is 1. The van der Waals surface area contributed by atoms with E-state index in [1.807, 2.05) is 30.3 Å². The summed E-state index contributed by atoms with van der Waals surface area (Å²) in [6.45, 7) is 0. The smallest absolute Gasteiger partial charge is 0.258 e. The van der Waals surface area contributed by atoms with Gasteiger partial charge in [0.1, 0.15) is 0 Å². The van der Waals surface area contributed by atoms with Gasteiger partial charge in [0, 0.05) is 44.8 Å². The molecule has 0 unspecified atom stereocenters. The van der Waals surface area contributed by atoms with Gasteiger partial charge in [-0.25, -0.2) is 0 Å². The molecule has 6 nitrogen and oxygen atoms in total. The highest BCUT2D eigenvalue weighted by molar-refractivity contribution is 7.23. The largest absolute Gasteiger partial charge is 0.270 e. The molecule has 0 aliphatic heterocycles. The van der Waals surface area contributed by atoms with E-state index in [-0.39, 0.29) is 11.4 Å². The van der Waals surface area contributed by atoms with Gasteiger partial charge in [0.05, 0.1) is 9.85 Å². The summed E-state index contributed by atoms with van der Waals surface area (Å²) in [5.74, 6) is 0. The average Bonchev–Trinajstić information content (AvgIpc) is 3.07. The van der Waals surface area contributed by atoms with Crippen molar-refractivity contribution in [3.63, 3.8) is 0 Å². The highest BCUT2D eigenvalue weighted by Gasteiger charge is 2.19. The van der Waals surface area contributed by atoms with Crippen LogP contribution >= 0.6 is 11.3 Å². The number of non-ortho nitro benzene ring substituents is 2. The zero-order valence-corrected chi connectivity index (χ0v) is 14.7. The predicted molar refractivity (Wildman–Crippen MR) is 106 cm³/mol. The van der Waals surface area contributed by atoms with Gasteiger partial charge >= 0.3 is 0 Å². The quantitative estimate of drug-likeness (QED) is 0.320. The van der Waals surface area contributed by atoms with Gasteiger partial charge in [-0.05, 0) is 29.3 Å². The fourth-order valence-corrected chi connectivity index (χ4v) is 4.24. The van der Waals surface area contributed by atoms with Crippen molar-refractivity contribution in [2.24, 2.45) is 0 Å². The van der Waals surface area contributed by atoms with E-state index in [4.69, 9.17) is 0 Å². The molecule has 0 fully saturated rings. The summed E-state index contributed by atoms with van der Waals surface area (Å²) >= 11 is 1.51. The summed E-state index contributed by atoms with van der Waals surface area (Å²) in [4.78, 5) is 22.2. The second kappa shape index (κ2) is 6.62. The molecule has 1 aromatic heterocycles. The van der Waals surface area contributed by atoms with Crippen molar-refractivity contribution in [1.82, 2.24) is 0 Å². The minimum Gasteiger partial charge on any atom is -0.258 e. The predicted octanol–water partition coefficient (Wildman–Crippen LogP) is 6.05. The zero-order chi connectivity index (χ0) is 19.0. The molecule has 0 amide bonds. The van der Waals surface area contributed by atoms with Crippen molar-refractivity contribution in [2.45, 2.75) is 0 Å². The first kappa shape index (κ1) is 16.9. The van der Waals surface area contributed by atoms with Crippen LogP contribution < -0.4 is 0 Å². The van der Waals surface area contributed by atoms with Crippen LogP contribution in [0.3, 0.4) is 0 Å². The lowest BCUT2D eigenvalue weighted by Crippen LogP contribution is -1.88. The van der Waals surface area contributed by atoms with E-state index in [0.717, 1.165) is 31.7 Å². The Labute approximate surface area is 157 Å². The zero-order valence-electron chi connectivity index (χ0n) is 13.9. The third-order valence-corrected chi connectivity index (χ3v) is 5.51. The maximum atomic E-state index is 11.2. The number of hydrogen-bond acceptors (Lipinski definition) is 5. The first-order valence-electron chi connectivity index (χ1n) is 8.06. The minimum absolute atomic E-state index is 0.0248. The Morgan fingerprint density at radius 2 is 1.33 bits per heavy atom. The van der Waals surface area contributed by atoms with Crippen LogP contribution in [0.25, 0.3) is 31.7 Å². The summed E-state index contributed by atoms with van der Waals surface area (Å²) in [7, 11) is 0. The minimum atomic E-state index is -0.434. The lowest BCUT2D eigenvalue weighted by molar-refractivity contribution is -0.385. The van der Waals surface area contributed by atoms with E-state index in [9.17, 15) is 20.2 Å². The SMILES string of the molecule is O=[N+]([O-])c1ccc(-c2sc3ccc([N+](=O)[O-])cc3c2-c2ccccc2)cc1. The van der Waals surface area contributed by atoms with Crippen molar-refractivity contribution in [2.75, 3.05) is 0 Å². The van der Waals surface area contributed by atoms with Crippen LogP contribution in [0.15, 0.2) is 72.8 Å². The number of nitrogens with zero attached hydrogens (tertiary/aromatic N) is 2.